The summed E-state index contributed by atoms with van der Waals surface area (Å²) in [7, 11) is -5.96. The summed E-state index contributed by atoms with van der Waals surface area (Å²) >= 11 is 0. The van der Waals surface area contributed by atoms with Gasteiger partial charge >= 0.3 is 0 Å². The standard InChI is InChI=1S/C23H21N5O3S.C7H8O3S/c1-27-16-19(14-25-27)18-7-9-20(10-8-18)32(30,31)28-13-12-17(15-28)6-11-23(29)26-22-5-3-2-4-21(22)24;1-6-2-4-7(5-3-6)11(8,9)10/h2-16H,24H2,1H3,(H,26,29);2-5H,1H3,(H,8,9,10). The number of para-hydroxylation sites is 2. The predicted molar refractivity (Wildman–Crippen MR) is 165 cm³/mol. The number of nitrogens with one attached hydrogen (secondary N) is 1. The van der Waals surface area contributed by atoms with Gasteiger partial charge in [0.15, 0.2) is 0 Å². The predicted octanol–water partition coefficient (Wildman–Crippen LogP) is 4.60. The van der Waals surface area contributed by atoms with Gasteiger partial charge in [-0.1, -0.05) is 42.0 Å². The molecule has 0 aliphatic carbocycles. The average molecular weight is 620 g/mol. The minimum absolute atomic E-state index is 0.0666. The lowest BCUT2D eigenvalue weighted by molar-refractivity contribution is -0.111. The fraction of sp³-hybridized carbons (Fsp3) is 0.0667. The van der Waals surface area contributed by atoms with Gasteiger partial charge in [-0.25, -0.2) is 12.4 Å². The molecule has 43 heavy (non-hydrogen) atoms. The van der Waals surface area contributed by atoms with Crippen molar-refractivity contribution in [3.8, 4) is 11.1 Å². The van der Waals surface area contributed by atoms with Crippen LogP contribution in [-0.4, -0.2) is 41.0 Å². The number of nitrogens with two attached hydrogens (primary N) is 1. The third-order valence-corrected chi connectivity index (χ3v) is 8.64. The van der Waals surface area contributed by atoms with E-state index in [4.69, 9.17) is 10.3 Å². The van der Waals surface area contributed by atoms with E-state index < -0.39 is 20.1 Å². The number of aromatic nitrogens is 3. The number of anilines is 2. The first kappa shape index (κ1) is 31.0. The summed E-state index contributed by atoms with van der Waals surface area (Å²) in [6.45, 7) is 1.84. The van der Waals surface area contributed by atoms with Crippen LogP contribution in [0.25, 0.3) is 17.2 Å². The summed E-state index contributed by atoms with van der Waals surface area (Å²) in [5, 5.41) is 6.81. The summed E-state index contributed by atoms with van der Waals surface area (Å²) < 4.78 is 58.3. The van der Waals surface area contributed by atoms with E-state index in [2.05, 4.69) is 10.4 Å². The fourth-order valence-corrected chi connectivity index (χ4v) is 5.50. The van der Waals surface area contributed by atoms with E-state index in [0.717, 1.165) is 20.7 Å². The maximum Gasteiger partial charge on any atom is 0.294 e. The monoisotopic (exact) mass is 619 g/mol. The van der Waals surface area contributed by atoms with Crippen molar-refractivity contribution in [2.75, 3.05) is 11.1 Å². The van der Waals surface area contributed by atoms with E-state index in [0.29, 0.717) is 16.9 Å². The second-order valence-electron chi connectivity index (χ2n) is 9.40. The summed E-state index contributed by atoms with van der Waals surface area (Å²) in [4.78, 5) is 12.2. The molecule has 0 unspecified atom stereocenters. The van der Waals surface area contributed by atoms with Gasteiger partial charge in [0.2, 0.25) is 5.91 Å². The quantitative estimate of drug-likeness (QED) is 0.135. The highest BCUT2D eigenvalue weighted by atomic mass is 32.2. The average Bonchev–Trinajstić information content (AvgIpc) is 3.63. The zero-order valence-corrected chi connectivity index (χ0v) is 24.8. The lowest BCUT2D eigenvalue weighted by Gasteiger charge is -2.06. The van der Waals surface area contributed by atoms with E-state index in [1.54, 1.807) is 77.6 Å². The molecular weight excluding hydrogens is 590 g/mol. The summed E-state index contributed by atoms with van der Waals surface area (Å²) in [5.74, 6) is -0.371. The maximum absolute atomic E-state index is 12.9. The number of hydrogen-bond acceptors (Lipinski definition) is 7. The molecule has 2 aromatic heterocycles. The van der Waals surface area contributed by atoms with Gasteiger partial charge in [0.25, 0.3) is 20.1 Å². The minimum atomic E-state index is -4.02. The number of nitrogen functional groups attached to an aromatic ring is 1. The van der Waals surface area contributed by atoms with Crippen LogP contribution in [-0.2, 0) is 32.0 Å². The highest BCUT2D eigenvalue weighted by Crippen LogP contribution is 2.23. The SMILES string of the molecule is Cc1ccc(S(=O)(=O)O)cc1.Cn1cc(-c2ccc(S(=O)(=O)n3ccc(C=CC(=O)Nc4ccccc4N)c3)cc2)cn1. The molecule has 13 heteroatoms. The highest BCUT2D eigenvalue weighted by Gasteiger charge is 2.17. The minimum Gasteiger partial charge on any atom is -0.397 e. The van der Waals surface area contributed by atoms with E-state index in [1.807, 2.05) is 20.2 Å². The number of benzene rings is 3. The first-order valence-corrected chi connectivity index (χ1v) is 15.6. The first-order valence-electron chi connectivity index (χ1n) is 12.7. The Labute approximate surface area is 249 Å². The largest absolute Gasteiger partial charge is 0.397 e. The van der Waals surface area contributed by atoms with Crippen molar-refractivity contribution in [1.29, 1.82) is 0 Å². The third kappa shape index (κ3) is 8.07. The van der Waals surface area contributed by atoms with Crippen LogP contribution in [0.2, 0.25) is 0 Å². The lowest BCUT2D eigenvalue weighted by atomic mass is 10.1. The van der Waals surface area contributed by atoms with Crippen LogP contribution in [0.15, 0.2) is 120 Å². The Hall–Kier alpha value is -4.98. The van der Waals surface area contributed by atoms with Gasteiger partial charge in [0.05, 0.1) is 27.4 Å². The third-order valence-electron chi connectivity index (χ3n) is 6.12. The first-order chi connectivity index (χ1) is 20.3. The van der Waals surface area contributed by atoms with Gasteiger partial charge in [0, 0.05) is 37.3 Å². The zero-order valence-electron chi connectivity index (χ0n) is 23.2. The second-order valence-corrected chi connectivity index (χ2v) is 12.7. The van der Waals surface area contributed by atoms with Crippen molar-refractivity contribution in [3.63, 3.8) is 0 Å². The molecule has 0 radical (unpaired) electrons. The van der Waals surface area contributed by atoms with Crippen LogP contribution in [0.4, 0.5) is 11.4 Å². The maximum atomic E-state index is 12.9. The number of rotatable bonds is 7. The van der Waals surface area contributed by atoms with E-state index in [9.17, 15) is 21.6 Å². The van der Waals surface area contributed by atoms with Crippen LogP contribution in [0.1, 0.15) is 11.1 Å². The Morgan fingerprint density at radius 3 is 2.14 bits per heavy atom. The molecule has 3 aromatic carbocycles. The normalized spacial score (nSPS) is 11.6. The lowest BCUT2D eigenvalue weighted by Crippen LogP contribution is -2.10. The number of hydrogen-bond donors (Lipinski definition) is 3. The summed E-state index contributed by atoms with van der Waals surface area (Å²) in [6, 6.07) is 21.1. The van der Waals surface area contributed by atoms with Gasteiger partial charge in [-0.3, -0.25) is 14.0 Å². The van der Waals surface area contributed by atoms with Crippen molar-refractivity contribution < 1.29 is 26.2 Å². The van der Waals surface area contributed by atoms with Crippen LogP contribution >= 0.6 is 0 Å². The molecule has 11 nitrogen and oxygen atoms in total. The van der Waals surface area contributed by atoms with Gasteiger partial charge in [-0.15, -0.1) is 0 Å². The molecule has 1 amide bonds. The second kappa shape index (κ2) is 12.9. The molecule has 0 saturated carbocycles. The van der Waals surface area contributed by atoms with E-state index in [-0.39, 0.29) is 15.7 Å². The Morgan fingerprint density at radius 2 is 1.53 bits per heavy atom. The van der Waals surface area contributed by atoms with Crippen molar-refractivity contribution in [1.82, 2.24) is 13.8 Å². The number of carbonyl (C=O) groups excluding carboxylic acids is 1. The van der Waals surface area contributed by atoms with Gasteiger partial charge in [0.1, 0.15) is 0 Å². The van der Waals surface area contributed by atoms with Crippen molar-refractivity contribution in [2.24, 2.45) is 7.05 Å². The Morgan fingerprint density at radius 1 is 0.884 bits per heavy atom. The molecule has 0 saturated heterocycles. The Kier molecular flexibility index (Phi) is 9.29. The fourth-order valence-electron chi connectivity index (χ4n) is 3.82. The Balaban J connectivity index is 0.000000324. The zero-order chi connectivity index (χ0) is 31.2. The van der Waals surface area contributed by atoms with Gasteiger partial charge in [-0.2, -0.15) is 13.5 Å². The number of amides is 1. The highest BCUT2D eigenvalue weighted by molar-refractivity contribution is 7.90. The molecular formula is C30H29N5O6S2. The number of aryl methyl sites for hydroxylation is 2. The van der Waals surface area contributed by atoms with E-state index >= 15 is 0 Å². The molecule has 5 aromatic rings. The number of carbonyl (C=O) groups is 1. The molecule has 5 rings (SSSR count). The molecule has 0 atom stereocenters. The molecule has 2 heterocycles. The van der Waals surface area contributed by atoms with Crippen molar-refractivity contribution in [3.05, 3.63) is 121 Å². The molecule has 0 aliphatic heterocycles. The topological polar surface area (TPSA) is 166 Å². The molecule has 0 fully saturated rings. The molecule has 4 N–H and O–H groups in total. The Bertz CT molecular complexity index is 1980. The van der Waals surface area contributed by atoms with Crippen LogP contribution in [0.3, 0.4) is 0 Å². The van der Waals surface area contributed by atoms with Crippen molar-refractivity contribution >= 4 is 43.5 Å². The van der Waals surface area contributed by atoms with E-state index in [1.165, 1.54) is 36.7 Å². The van der Waals surface area contributed by atoms with Gasteiger partial charge in [-0.05, 0) is 66.6 Å². The summed E-state index contributed by atoms with van der Waals surface area (Å²) in [5.41, 5.74) is 10.1. The molecule has 0 spiro atoms. The number of nitrogens with zero attached hydrogens (tertiary/aromatic N) is 3. The van der Waals surface area contributed by atoms with Crippen LogP contribution in [0.5, 0.6) is 0 Å². The molecule has 0 bridgehead atoms. The summed E-state index contributed by atoms with van der Waals surface area (Å²) in [6.07, 6.45) is 9.32. The van der Waals surface area contributed by atoms with Crippen molar-refractivity contribution in [2.45, 2.75) is 16.7 Å². The molecule has 222 valence electrons. The smallest absolute Gasteiger partial charge is 0.294 e. The van der Waals surface area contributed by atoms with Crippen LogP contribution in [0, 0.1) is 6.92 Å². The molecule has 0 aliphatic rings. The van der Waals surface area contributed by atoms with Crippen LogP contribution < -0.4 is 11.1 Å². The van der Waals surface area contributed by atoms with Gasteiger partial charge < -0.3 is 11.1 Å².